The average molecular weight is 631 g/mol. The van der Waals surface area contributed by atoms with E-state index in [-0.39, 0.29) is 24.8 Å². The summed E-state index contributed by atoms with van der Waals surface area (Å²) in [6.07, 6.45) is 1.05. The van der Waals surface area contributed by atoms with E-state index in [4.69, 9.17) is 0 Å². The SMILES string of the molecule is CC(C)(C)c1cc[cH-]c1.[Cl-].[Cl-].[Zr+2]=[Si](c1ccccc1)c1ccccc1.[c-]1cccc2c1Cc1ccccc1-2. The zero-order valence-corrected chi connectivity index (χ0v) is 27.1. The summed E-state index contributed by atoms with van der Waals surface area (Å²) in [7, 11) is 0. The van der Waals surface area contributed by atoms with Gasteiger partial charge in [-0.25, -0.2) is 6.07 Å². The van der Waals surface area contributed by atoms with Crippen LogP contribution >= 0.6 is 0 Å². The second-order valence-electron chi connectivity index (χ2n) is 9.93. The Bertz CT molecular complexity index is 1300. The van der Waals surface area contributed by atoms with Crippen molar-refractivity contribution in [3.63, 3.8) is 0 Å². The monoisotopic (exact) mass is 628 g/mol. The number of rotatable bonds is 2. The summed E-state index contributed by atoms with van der Waals surface area (Å²) < 4.78 is 0. The Morgan fingerprint density at radius 3 is 1.79 bits per heavy atom. The molecule has 6 rings (SSSR count). The smallest absolute Gasteiger partial charge is 0.0253 e. The number of hydrogen-bond donors (Lipinski definition) is 0. The van der Waals surface area contributed by atoms with E-state index in [1.54, 1.807) is 23.3 Å². The first-order chi connectivity index (χ1) is 17.4. The largest absolute Gasteiger partial charge is 0.179 e. The topological polar surface area (TPSA) is 0 Å². The van der Waals surface area contributed by atoms with E-state index < -0.39 is 5.43 Å². The van der Waals surface area contributed by atoms with Gasteiger partial charge in [-0.1, -0.05) is 61.6 Å². The van der Waals surface area contributed by atoms with E-state index in [1.807, 2.05) is 6.07 Å². The minimum atomic E-state index is -0.455. The summed E-state index contributed by atoms with van der Waals surface area (Å²) in [5.41, 5.74) is 6.80. The summed E-state index contributed by atoms with van der Waals surface area (Å²) in [6.45, 7) is 6.67. The van der Waals surface area contributed by atoms with E-state index in [2.05, 4.69) is 148 Å². The molecule has 192 valence electrons. The number of fused-ring (bicyclic) bond motifs is 3. The second kappa shape index (κ2) is 15.5. The van der Waals surface area contributed by atoms with Gasteiger partial charge in [0.2, 0.25) is 0 Å². The molecule has 38 heavy (non-hydrogen) atoms. The van der Waals surface area contributed by atoms with Crippen molar-refractivity contribution in [2.75, 3.05) is 0 Å². The quantitative estimate of drug-likeness (QED) is 0.199. The molecule has 5 aromatic carbocycles. The van der Waals surface area contributed by atoms with Crippen LogP contribution in [-0.4, -0.2) is 5.43 Å². The van der Waals surface area contributed by atoms with Crippen molar-refractivity contribution in [1.82, 2.24) is 0 Å². The zero-order chi connectivity index (χ0) is 25.4. The van der Waals surface area contributed by atoms with E-state index in [1.165, 1.54) is 38.2 Å². The summed E-state index contributed by atoms with van der Waals surface area (Å²) in [6, 6.07) is 48.3. The van der Waals surface area contributed by atoms with Gasteiger partial charge in [-0.05, 0) is 6.42 Å². The van der Waals surface area contributed by atoms with Crippen LogP contribution in [0.15, 0.2) is 127 Å². The van der Waals surface area contributed by atoms with Crippen molar-refractivity contribution in [2.24, 2.45) is 0 Å². The molecule has 0 saturated heterocycles. The molecule has 0 saturated carbocycles. The van der Waals surface area contributed by atoms with Gasteiger partial charge in [-0.15, -0.1) is 5.56 Å². The number of halogens is 2. The Morgan fingerprint density at radius 1 is 0.711 bits per heavy atom. The molecule has 0 nitrogen and oxygen atoms in total. The van der Waals surface area contributed by atoms with E-state index in [9.17, 15) is 0 Å². The van der Waals surface area contributed by atoms with Crippen molar-refractivity contribution in [2.45, 2.75) is 32.6 Å². The molecule has 0 fully saturated rings. The fraction of sp³-hybridized carbons (Fsp3) is 0.147. The molecule has 0 bridgehead atoms. The molecule has 0 amide bonds. The first kappa shape index (κ1) is 32.1. The molecule has 0 aliphatic heterocycles. The van der Waals surface area contributed by atoms with Gasteiger partial charge in [-0.3, -0.25) is 0 Å². The third-order valence-electron chi connectivity index (χ3n) is 6.27. The standard InChI is InChI=1S/C13H9.C12H10Si.C9H13.2ClH.Zr/c1-3-7-12-10(5-1)9-11-6-2-4-8-13(11)12;1-3-7-11(8-4-1)13-12-9-5-2-6-10-12;1-9(2,3)8-6-4-5-7-8;;;/h1-5,7-8H,9H2;1-10H;4-7H,1-3H3;2*1H;/q-1;;-1;;;+2/p-2. The van der Waals surface area contributed by atoms with Crippen LogP contribution in [0.3, 0.4) is 0 Å². The van der Waals surface area contributed by atoms with Crippen molar-refractivity contribution >= 4 is 15.8 Å². The molecular formula is C34H32Cl2SiZr-2. The molecule has 0 aromatic heterocycles. The minimum absolute atomic E-state index is 0. The van der Waals surface area contributed by atoms with Gasteiger partial charge in [-0.2, -0.15) is 53.6 Å². The molecule has 1 aliphatic rings. The van der Waals surface area contributed by atoms with Gasteiger partial charge >= 0.3 is 99.8 Å². The summed E-state index contributed by atoms with van der Waals surface area (Å²) in [5.74, 6) is 0. The maximum absolute atomic E-state index is 3.30. The first-order valence-corrected chi connectivity index (χ1v) is 17.6. The molecule has 5 aromatic rings. The third kappa shape index (κ3) is 8.72. The van der Waals surface area contributed by atoms with Gasteiger partial charge in [0.25, 0.3) is 0 Å². The molecule has 0 radical (unpaired) electrons. The summed E-state index contributed by atoms with van der Waals surface area (Å²) in [5, 5.41) is 3.03. The third-order valence-corrected chi connectivity index (χ3v) is 12.3. The Morgan fingerprint density at radius 2 is 1.26 bits per heavy atom. The van der Waals surface area contributed by atoms with Crippen molar-refractivity contribution in [1.29, 1.82) is 0 Å². The predicted octanol–water partition coefficient (Wildman–Crippen LogP) is 1.11. The maximum Gasteiger partial charge on any atom is -0.0253 e. The van der Waals surface area contributed by atoms with E-state index in [0.717, 1.165) is 6.42 Å². The van der Waals surface area contributed by atoms with Crippen molar-refractivity contribution in [3.8, 4) is 11.1 Å². The van der Waals surface area contributed by atoms with Crippen LogP contribution in [0.4, 0.5) is 0 Å². The zero-order valence-electron chi connectivity index (χ0n) is 22.1. The fourth-order valence-electron chi connectivity index (χ4n) is 4.25. The summed E-state index contributed by atoms with van der Waals surface area (Å²) >= 11 is 1.64. The first-order valence-electron chi connectivity index (χ1n) is 12.4. The molecule has 0 N–H and O–H groups in total. The van der Waals surface area contributed by atoms with Crippen LogP contribution in [0, 0.1) is 6.07 Å². The Labute approximate surface area is 256 Å². The second-order valence-corrected chi connectivity index (χ2v) is 15.5. The van der Waals surface area contributed by atoms with Crippen molar-refractivity contribution < 1.29 is 48.1 Å². The van der Waals surface area contributed by atoms with Gasteiger partial charge in [0, 0.05) is 0 Å². The van der Waals surface area contributed by atoms with Crippen LogP contribution in [0.1, 0.15) is 37.5 Å². The van der Waals surface area contributed by atoms with Crippen LogP contribution in [0.5, 0.6) is 0 Å². The molecule has 0 unspecified atom stereocenters. The molecule has 0 heterocycles. The summed E-state index contributed by atoms with van der Waals surface area (Å²) in [4.78, 5) is 0. The minimum Gasteiger partial charge on any atom is -0.179 e. The Kier molecular flexibility index (Phi) is 13.1. The number of benzene rings is 4. The number of hydrogen-bond acceptors (Lipinski definition) is 0. The van der Waals surface area contributed by atoms with Gasteiger partial charge < -0.3 is 24.8 Å². The average Bonchev–Trinajstić information content (AvgIpc) is 3.59. The van der Waals surface area contributed by atoms with Gasteiger partial charge in [0.05, 0.1) is 0 Å². The van der Waals surface area contributed by atoms with Crippen LogP contribution < -0.4 is 35.2 Å². The normalized spacial score (nSPS) is 10.7. The molecule has 0 atom stereocenters. The van der Waals surface area contributed by atoms with Gasteiger partial charge in [0.15, 0.2) is 0 Å². The molecule has 4 heteroatoms. The van der Waals surface area contributed by atoms with Crippen LogP contribution in [-0.2, 0) is 35.2 Å². The fourth-order valence-corrected chi connectivity index (χ4v) is 8.09. The maximum atomic E-state index is 3.30. The predicted molar refractivity (Wildman–Crippen MR) is 152 cm³/mol. The van der Waals surface area contributed by atoms with E-state index in [0.29, 0.717) is 5.41 Å². The molecule has 1 aliphatic carbocycles. The van der Waals surface area contributed by atoms with Crippen molar-refractivity contribution in [3.05, 3.63) is 150 Å². The van der Waals surface area contributed by atoms with Crippen LogP contribution in [0.25, 0.3) is 11.1 Å². The van der Waals surface area contributed by atoms with Gasteiger partial charge in [0.1, 0.15) is 0 Å². The Balaban J connectivity index is 0.000000200. The molecular weight excluding hydrogens is 599 g/mol. The molecule has 0 spiro atoms. The van der Waals surface area contributed by atoms with Crippen LogP contribution in [0.2, 0.25) is 0 Å². The Hall–Kier alpha value is -2.09. The van der Waals surface area contributed by atoms with E-state index >= 15 is 0 Å².